The van der Waals surface area contributed by atoms with Crippen LogP contribution in [0.25, 0.3) is 0 Å². The SMILES string of the molecule is CCCCCN(C)Cc1cc(F)c(O)c(F)c1. The van der Waals surface area contributed by atoms with Gasteiger partial charge in [-0.25, -0.2) is 8.78 Å². The quantitative estimate of drug-likeness (QED) is 0.775. The van der Waals surface area contributed by atoms with Gasteiger partial charge in [-0.2, -0.15) is 0 Å². The van der Waals surface area contributed by atoms with Gasteiger partial charge in [0.05, 0.1) is 0 Å². The van der Waals surface area contributed by atoms with Crippen LogP contribution in [-0.4, -0.2) is 23.6 Å². The molecule has 0 aromatic heterocycles. The van der Waals surface area contributed by atoms with Gasteiger partial charge in [-0.3, -0.25) is 0 Å². The Kier molecular flexibility index (Phi) is 5.35. The molecule has 0 saturated heterocycles. The van der Waals surface area contributed by atoms with E-state index < -0.39 is 17.4 Å². The van der Waals surface area contributed by atoms with E-state index in [4.69, 9.17) is 5.11 Å². The monoisotopic (exact) mass is 243 g/mol. The highest BCUT2D eigenvalue weighted by molar-refractivity contribution is 5.29. The van der Waals surface area contributed by atoms with Gasteiger partial charge in [0.15, 0.2) is 17.4 Å². The van der Waals surface area contributed by atoms with E-state index in [1.807, 2.05) is 11.9 Å². The number of benzene rings is 1. The number of halogens is 2. The van der Waals surface area contributed by atoms with Gasteiger partial charge in [0.1, 0.15) is 0 Å². The average molecular weight is 243 g/mol. The third-order valence-corrected chi connectivity index (χ3v) is 2.67. The number of rotatable bonds is 6. The summed E-state index contributed by atoms with van der Waals surface area (Å²) < 4.78 is 26.2. The van der Waals surface area contributed by atoms with E-state index in [1.54, 1.807) is 0 Å². The molecule has 0 unspecified atom stereocenters. The van der Waals surface area contributed by atoms with Crippen LogP contribution in [-0.2, 0) is 6.54 Å². The zero-order valence-electron chi connectivity index (χ0n) is 10.3. The van der Waals surface area contributed by atoms with Gasteiger partial charge in [-0.1, -0.05) is 19.8 Å². The van der Waals surface area contributed by atoms with Gasteiger partial charge < -0.3 is 10.0 Å². The lowest BCUT2D eigenvalue weighted by molar-refractivity contribution is 0.315. The lowest BCUT2D eigenvalue weighted by atomic mass is 10.1. The first-order valence-electron chi connectivity index (χ1n) is 5.90. The maximum Gasteiger partial charge on any atom is 0.187 e. The van der Waals surface area contributed by atoms with Crippen LogP contribution < -0.4 is 0 Å². The molecule has 96 valence electrons. The molecule has 0 spiro atoms. The van der Waals surface area contributed by atoms with Crippen LogP contribution in [0.4, 0.5) is 8.78 Å². The van der Waals surface area contributed by atoms with Crippen LogP contribution in [0.15, 0.2) is 12.1 Å². The lowest BCUT2D eigenvalue weighted by Gasteiger charge is -2.16. The number of unbranched alkanes of at least 4 members (excludes halogenated alkanes) is 2. The maximum atomic E-state index is 13.1. The number of phenols is 1. The molecule has 0 fully saturated rings. The van der Waals surface area contributed by atoms with Crippen molar-refractivity contribution in [3.8, 4) is 5.75 Å². The highest BCUT2D eigenvalue weighted by atomic mass is 19.1. The Morgan fingerprint density at radius 3 is 2.29 bits per heavy atom. The van der Waals surface area contributed by atoms with Crippen molar-refractivity contribution in [3.63, 3.8) is 0 Å². The van der Waals surface area contributed by atoms with Crippen molar-refractivity contribution in [2.45, 2.75) is 32.7 Å². The molecule has 0 heterocycles. The lowest BCUT2D eigenvalue weighted by Crippen LogP contribution is -2.19. The summed E-state index contributed by atoms with van der Waals surface area (Å²) in [5.41, 5.74) is 0.539. The van der Waals surface area contributed by atoms with Crippen LogP contribution in [0, 0.1) is 11.6 Å². The van der Waals surface area contributed by atoms with Crippen molar-refractivity contribution < 1.29 is 13.9 Å². The molecule has 0 radical (unpaired) electrons. The Hall–Kier alpha value is -1.16. The number of hydrogen-bond acceptors (Lipinski definition) is 2. The standard InChI is InChI=1S/C13H19F2NO/c1-3-4-5-6-16(2)9-10-7-11(14)13(17)12(15)8-10/h7-8,17H,3-6,9H2,1-2H3. The van der Waals surface area contributed by atoms with Crippen LogP contribution in [0.1, 0.15) is 31.7 Å². The third kappa shape index (κ3) is 4.30. The largest absolute Gasteiger partial charge is 0.503 e. The Morgan fingerprint density at radius 2 is 1.76 bits per heavy atom. The predicted octanol–water partition coefficient (Wildman–Crippen LogP) is 3.29. The van der Waals surface area contributed by atoms with Crippen molar-refractivity contribution in [1.29, 1.82) is 0 Å². The molecule has 1 aromatic carbocycles. The first-order valence-corrected chi connectivity index (χ1v) is 5.90. The highest BCUT2D eigenvalue weighted by Crippen LogP contribution is 2.22. The molecule has 1 N–H and O–H groups in total. The second-order valence-corrected chi connectivity index (χ2v) is 4.35. The van der Waals surface area contributed by atoms with Gasteiger partial charge in [0.2, 0.25) is 0 Å². The summed E-state index contributed by atoms with van der Waals surface area (Å²) in [4.78, 5) is 2.01. The van der Waals surface area contributed by atoms with Gasteiger partial charge >= 0.3 is 0 Å². The summed E-state index contributed by atoms with van der Waals surface area (Å²) in [6.45, 7) is 3.51. The van der Waals surface area contributed by atoms with Crippen molar-refractivity contribution in [3.05, 3.63) is 29.3 Å². The van der Waals surface area contributed by atoms with Crippen molar-refractivity contribution in [2.75, 3.05) is 13.6 Å². The molecule has 17 heavy (non-hydrogen) atoms. The Bertz CT molecular complexity index is 345. The summed E-state index contributed by atoms with van der Waals surface area (Å²) >= 11 is 0. The Balaban J connectivity index is 2.56. The van der Waals surface area contributed by atoms with Crippen LogP contribution in [0.3, 0.4) is 0 Å². The summed E-state index contributed by atoms with van der Waals surface area (Å²) in [6, 6.07) is 2.35. The third-order valence-electron chi connectivity index (χ3n) is 2.67. The second-order valence-electron chi connectivity index (χ2n) is 4.35. The first kappa shape index (κ1) is 13.9. The second kappa shape index (κ2) is 6.55. The molecule has 0 bridgehead atoms. The molecule has 1 rings (SSSR count). The average Bonchev–Trinajstić information content (AvgIpc) is 2.26. The van der Waals surface area contributed by atoms with Gasteiger partial charge in [0.25, 0.3) is 0 Å². The smallest absolute Gasteiger partial charge is 0.187 e. The summed E-state index contributed by atoms with van der Waals surface area (Å²) in [7, 11) is 1.92. The van der Waals surface area contributed by atoms with Crippen LogP contribution in [0.5, 0.6) is 5.75 Å². The number of phenolic OH excluding ortho intramolecular Hbond substituents is 1. The molecule has 0 aliphatic rings. The van der Waals surface area contributed by atoms with Gasteiger partial charge in [-0.05, 0) is 37.7 Å². The van der Waals surface area contributed by atoms with Crippen molar-refractivity contribution in [1.82, 2.24) is 4.90 Å². The van der Waals surface area contributed by atoms with Crippen molar-refractivity contribution in [2.24, 2.45) is 0 Å². The molecule has 0 aliphatic heterocycles. The first-order chi connectivity index (χ1) is 8.04. The summed E-state index contributed by atoms with van der Waals surface area (Å²) in [5.74, 6) is -2.70. The van der Waals surface area contributed by atoms with Gasteiger partial charge in [-0.15, -0.1) is 0 Å². The van der Waals surface area contributed by atoms with Crippen molar-refractivity contribution >= 4 is 0 Å². The minimum atomic E-state index is -0.901. The van der Waals surface area contributed by atoms with Crippen LogP contribution >= 0.6 is 0 Å². The molecule has 1 aromatic rings. The fraction of sp³-hybridized carbons (Fsp3) is 0.538. The maximum absolute atomic E-state index is 13.1. The predicted molar refractivity (Wildman–Crippen MR) is 63.9 cm³/mol. The topological polar surface area (TPSA) is 23.5 Å². The number of hydrogen-bond donors (Lipinski definition) is 1. The number of nitrogens with zero attached hydrogens (tertiary/aromatic N) is 1. The number of aromatic hydroxyl groups is 1. The molecular weight excluding hydrogens is 224 g/mol. The zero-order chi connectivity index (χ0) is 12.8. The van der Waals surface area contributed by atoms with E-state index in [0.717, 1.165) is 25.8 Å². The minimum absolute atomic E-state index is 0.484. The van der Waals surface area contributed by atoms with E-state index in [-0.39, 0.29) is 0 Å². The molecule has 4 heteroatoms. The molecule has 0 atom stereocenters. The van der Waals surface area contributed by atoms with E-state index in [9.17, 15) is 8.78 Å². The Labute approximate surface area is 101 Å². The van der Waals surface area contributed by atoms with E-state index in [1.165, 1.54) is 12.1 Å². The molecule has 0 amide bonds. The molecule has 0 aliphatic carbocycles. The summed E-state index contributed by atoms with van der Waals surface area (Å²) in [6.07, 6.45) is 3.38. The van der Waals surface area contributed by atoms with E-state index >= 15 is 0 Å². The van der Waals surface area contributed by atoms with E-state index in [0.29, 0.717) is 12.1 Å². The normalized spacial score (nSPS) is 11.1. The van der Waals surface area contributed by atoms with Gasteiger partial charge in [0, 0.05) is 6.54 Å². The van der Waals surface area contributed by atoms with E-state index in [2.05, 4.69) is 6.92 Å². The molecule has 2 nitrogen and oxygen atoms in total. The molecule has 0 saturated carbocycles. The Morgan fingerprint density at radius 1 is 1.18 bits per heavy atom. The fourth-order valence-corrected chi connectivity index (χ4v) is 1.73. The zero-order valence-corrected chi connectivity index (χ0v) is 10.3. The fourth-order valence-electron chi connectivity index (χ4n) is 1.73. The van der Waals surface area contributed by atoms with Crippen LogP contribution in [0.2, 0.25) is 0 Å². The minimum Gasteiger partial charge on any atom is -0.503 e. The highest BCUT2D eigenvalue weighted by Gasteiger charge is 2.10. The molecular formula is C13H19F2NO. The summed E-state index contributed by atoms with van der Waals surface area (Å²) in [5, 5.41) is 8.97.